The van der Waals surface area contributed by atoms with Crippen LogP contribution < -0.4 is 10.5 Å². The molecule has 0 atom stereocenters. The number of hydrogen-bond donors (Lipinski definition) is 11. The zero-order chi connectivity index (χ0) is 26.9. The van der Waals surface area contributed by atoms with Gasteiger partial charge in [0.15, 0.2) is 23.0 Å². The highest BCUT2D eigenvalue weighted by atomic mass is 35.5. The summed E-state index contributed by atoms with van der Waals surface area (Å²) in [6.45, 7) is 0.482. The number of fused-ring (bicyclic) bond motifs is 1. The van der Waals surface area contributed by atoms with Gasteiger partial charge in [0, 0.05) is 14.0 Å². The van der Waals surface area contributed by atoms with Gasteiger partial charge >= 0.3 is 0 Å². The number of nitrogens with zero attached hydrogens (tertiary/aromatic N) is 2. The molecule has 0 unspecified atom stereocenters. The number of rotatable bonds is 3. The number of carbonyl (C=O) groups is 1. The minimum Gasteiger partial charge on any atom is -0.506 e. The molecule has 15 nitrogen and oxygen atoms in total. The van der Waals surface area contributed by atoms with Crippen molar-refractivity contribution in [1.29, 1.82) is 0 Å². The fourth-order valence-electron chi connectivity index (χ4n) is 3.40. The number of benzene rings is 2. The lowest BCUT2D eigenvalue weighted by molar-refractivity contribution is -0.138. The summed E-state index contributed by atoms with van der Waals surface area (Å²) in [5, 5.41) is 109. The van der Waals surface area contributed by atoms with E-state index in [2.05, 4.69) is 0 Å². The fraction of sp³-hybridized carbons (Fsp3) is 0.158. The number of carbonyl (C=O) groups excluding carboxylic acids is 1. The molecular formula is C19H17ClN2O13. The summed E-state index contributed by atoms with van der Waals surface area (Å²) < 4.78 is 0.485. The molecule has 0 aliphatic rings. The fourth-order valence-corrected chi connectivity index (χ4v) is 3.67. The average molecular weight is 517 g/mol. The Labute approximate surface area is 197 Å². The first-order valence-electron chi connectivity index (χ1n) is 9.12. The van der Waals surface area contributed by atoms with Crippen LogP contribution in [-0.4, -0.2) is 72.6 Å². The monoisotopic (exact) mass is 516 g/mol. The number of aliphatic hydroxyl groups is 2. The number of phenolic OH excluding ortho intramolecular Hbond substituents is 8. The van der Waals surface area contributed by atoms with Crippen molar-refractivity contribution in [2.24, 2.45) is 7.05 Å². The van der Waals surface area contributed by atoms with E-state index >= 15 is 0 Å². The summed E-state index contributed by atoms with van der Waals surface area (Å²) in [6, 6.07) is 0. The van der Waals surface area contributed by atoms with E-state index < -0.39 is 96.3 Å². The topological polar surface area (TPSA) is 265 Å². The molecule has 188 valence electrons. The Balaban J connectivity index is 2.50. The van der Waals surface area contributed by atoms with Gasteiger partial charge in [-0.3, -0.25) is 9.59 Å². The molecule has 0 aliphatic carbocycles. The molecule has 0 fully saturated rings. The third kappa shape index (κ3) is 3.37. The molecule has 16 heteroatoms. The number of phenols is 8. The zero-order valence-corrected chi connectivity index (χ0v) is 18.3. The first kappa shape index (κ1) is 25.2. The lowest BCUT2D eigenvalue weighted by Crippen LogP contribution is -2.51. The number of anilines is 1. The number of pyridine rings is 1. The van der Waals surface area contributed by atoms with Gasteiger partial charge < -0.3 is 60.7 Å². The summed E-state index contributed by atoms with van der Waals surface area (Å²) in [5.41, 5.74) is -4.87. The molecule has 35 heavy (non-hydrogen) atoms. The van der Waals surface area contributed by atoms with Gasteiger partial charge in [0.25, 0.3) is 17.4 Å². The molecule has 0 aliphatic heterocycles. The lowest BCUT2D eigenvalue weighted by Gasteiger charge is -2.33. The lowest BCUT2D eigenvalue weighted by atomic mass is 10.1. The Morgan fingerprint density at radius 3 is 1.66 bits per heavy atom. The predicted octanol–water partition coefficient (Wildman–Crippen LogP) is -0.153. The van der Waals surface area contributed by atoms with Crippen LogP contribution in [0, 0.1) is 0 Å². The summed E-state index contributed by atoms with van der Waals surface area (Å²) in [5.74, 6) is -17.7. The number of aryl methyl sites for hydroxylation is 1. The van der Waals surface area contributed by atoms with Crippen molar-refractivity contribution >= 4 is 34.1 Å². The minimum absolute atomic E-state index is 0.340. The van der Waals surface area contributed by atoms with Gasteiger partial charge in [0.05, 0.1) is 10.4 Å². The van der Waals surface area contributed by atoms with E-state index in [0.717, 1.165) is 7.05 Å². The zero-order valence-electron chi connectivity index (χ0n) is 17.5. The standard InChI is InChI=1S/C19H17ClN2O13/c1-19(34,35)22(7-11(26)14(29)16(31)15(30)12(7)27)18(33)4-8(23)3-5(20)9(24)13(28)10(25)6(3)21(2)17(4)32/h23-31,34-35H,1-2H3. The van der Waals surface area contributed by atoms with Crippen LogP contribution in [0.4, 0.5) is 5.69 Å². The molecule has 1 heterocycles. The summed E-state index contributed by atoms with van der Waals surface area (Å²) in [4.78, 5) is 26.0. The van der Waals surface area contributed by atoms with E-state index in [0.29, 0.717) is 11.5 Å². The van der Waals surface area contributed by atoms with E-state index in [4.69, 9.17) is 11.6 Å². The van der Waals surface area contributed by atoms with Gasteiger partial charge in [0.1, 0.15) is 22.5 Å². The van der Waals surface area contributed by atoms with Gasteiger partial charge in [-0.05, 0) is 0 Å². The Morgan fingerprint density at radius 1 is 0.771 bits per heavy atom. The summed E-state index contributed by atoms with van der Waals surface area (Å²) in [7, 11) is 0.933. The van der Waals surface area contributed by atoms with Crippen molar-refractivity contribution in [2.45, 2.75) is 12.8 Å². The van der Waals surface area contributed by atoms with Crippen LogP contribution in [0.3, 0.4) is 0 Å². The van der Waals surface area contributed by atoms with Crippen LogP contribution in [-0.2, 0) is 7.05 Å². The van der Waals surface area contributed by atoms with Crippen molar-refractivity contribution < 1.29 is 61.0 Å². The molecule has 0 spiro atoms. The van der Waals surface area contributed by atoms with Crippen molar-refractivity contribution in [3.63, 3.8) is 0 Å². The summed E-state index contributed by atoms with van der Waals surface area (Å²) >= 11 is 5.91. The van der Waals surface area contributed by atoms with Crippen molar-refractivity contribution in [2.75, 3.05) is 4.90 Å². The van der Waals surface area contributed by atoms with Crippen LogP contribution in [0.15, 0.2) is 4.79 Å². The predicted molar refractivity (Wildman–Crippen MR) is 115 cm³/mol. The van der Waals surface area contributed by atoms with Crippen LogP contribution in [0.25, 0.3) is 10.9 Å². The van der Waals surface area contributed by atoms with Crippen LogP contribution in [0.5, 0.6) is 51.7 Å². The molecule has 1 amide bonds. The highest BCUT2D eigenvalue weighted by molar-refractivity contribution is 6.38. The normalized spacial score (nSPS) is 11.7. The number of aromatic hydroxyl groups is 9. The molecule has 2 aromatic carbocycles. The minimum atomic E-state index is -3.43. The average Bonchev–Trinajstić information content (AvgIpc) is 2.77. The Bertz CT molecular complexity index is 1460. The van der Waals surface area contributed by atoms with Crippen molar-refractivity contribution in [3.05, 3.63) is 20.9 Å². The van der Waals surface area contributed by atoms with Crippen molar-refractivity contribution in [1.82, 2.24) is 4.57 Å². The van der Waals surface area contributed by atoms with Gasteiger partial charge in [-0.2, -0.15) is 0 Å². The molecular weight excluding hydrogens is 500 g/mol. The molecule has 0 saturated carbocycles. The smallest absolute Gasteiger partial charge is 0.272 e. The van der Waals surface area contributed by atoms with E-state index in [-0.39, 0.29) is 4.90 Å². The number of amides is 1. The highest BCUT2D eigenvalue weighted by Gasteiger charge is 2.42. The van der Waals surface area contributed by atoms with Crippen LogP contribution in [0.2, 0.25) is 5.02 Å². The maximum absolute atomic E-state index is 13.4. The van der Waals surface area contributed by atoms with Crippen LogP contribution >= 0.6 is 11.6 Å². The van der Waals surface area contributed by atoms with Gasteiger partial charge in [0.2, 0.25) is 23.0 Å². The molecule has 0 saturated heterocycles. The summed E-state index contributed by atoms with van der Waals surface area (Å²) in [6.07, 6.45) is 0. The second kappa shape index (κ2) is 7.79. The van der Waals surface area contributed by atoms with E-state index in [1.807, 2.05) is 0 Å². The second-order valence-corrected chi connectivity index (χ2v) is 7.75. The third-order valence-corrected chi connectivity index (χ3v) is 5.44. The van der Waals surface area contributed by atoms with E-state index in [1.165, 1.54) is 0 Å². The Hall–Kier alpha value is -4.47. The van der Waals surface area contributed by atoms with Gasteiger partial charge in [-0.1, -0.05) is 11.6 Å². The molecule has 0 bridgehead atoms. The Kier molecular flexibility index (Phi) is 5.60. The third-order valence-electron chi connectivity index (χ3n) is 5.07. The molecule has 0 radical (unpaired) electrons. The first-order valence-corrected chi connectivity index (χ1v) is 9.50. The quantitative estimate of drug-likeness (QED) is 0.123. The first-order chi connectivity index (χ1) is 16.0. The number of hydrogen-bond acceptors (Lipinski definition) is 13. The molecule has 3 aromatic rings. The van der Waals surface area contributed by atoms with Gasteiger partial charge in [-0.25, -0.2) is 4.90 Å². The highest BCUT2D eigenvalue weighted by Crippen LogP contribution is 2.56. The van der Waals surface area contributed by atoms with E-state index in [1.54, 1.807) is 0 Å². The number of halogens is 1. The maximum atomic E-state index is 13.4. The van der Waals surface area contributed by atoms with Crippen molar-refractivity contribution in [3.8, 4) is 51.7 Å². The molecule has 1 aromatic heterocycles. The number of aromatic nitrogens is 1. The maximum Gasteiger partial charge on any atom is 0.272 e. The van der Waals surface area contributed by atoms with Gasteiger partial charge in [-0.15, -0.1) is 0 Å². The Morgan fingerprint density at radius 2 is 1.20 bits per heavy atom. The second-order valence-electron chi connectivity index (χ2n) is 7.37. The molecule has 3 rings (SSSR count). The van der Waals surface area contributed by atoms with Crippen LogP contribution in [0.1, 0.15) is 17.3 Å². The SMILES string of the molecule is Cn1c(=O)c(C(=O)N(c2c(O)c(O)c(O)c(O)c2O)C(C)(O)O)c(O)c2c(Cl)c(O)c(O)c(O)c21. The largest absolute Gasteiger partial charge is 0.506 e. The van der Waals surface area contributed by atoms with E-state index in [9.17, 15) is 65.8 Å². The molecule has 11 N–H and O–H groups in total.